The van der Waals surface area contributed by atoms with Crippen molar-refractivity contribution in [2.45, 2.75) is 33.4 Å². The first-order valence-corrected chi connectivity index (χ1v) is 6.92. The smallest absolute Gasteiger partial charge is 0.249 e. The molecule has 0 bridgehead atoms. The molecule has 0 aliphatic carbocycles. The van der Waals surface area contributed by atoms with Crippen LogP contribution >= 0.6 is 0 Å². The summed E-state index contributed by atoms with van der Waals surface area (Å²) >= 11 is 0. The zero-order valence-corrected chi connectivity index (χ0v) is 13.0. The van der Waals surface area contributed by atoms with E-state index in [0.717, 1.165) is 11.4 Å². The SMILES string of the molecule is CC(C)COC(C)C(=O)NCc1cccnc1N(C)C. The molecule has 0 saturated heterocycles. The monoisotopic (exact) mass is 279 g/mol. The summed E-state index contributed by atoms with van der Waals surface area (Å²) in [5.74, 6) is 1.19. The van der Waals surface area contributed by atoms with Crippen molar-refractivity contribution in [3.63, 3.8) is 0 Å². The molecular weight excluding hydrogens is 254 g/mol. The lowest BCUT2D eigenvalue weighted by Crippen LogP contribution is -2.35. The summed E-state index contributed by atoms with van der Waals surface area (Å²) in [6, 6.07) is 3.83. The largest absolute Gasteiger partial charge is 0.368 e. The Morgan fingerprint density at radius 2 is 2.10 bits per heavy atom. The van der Waals surface area contributed by atoms with Crippen molar-refractivity contribution in [3.8, 4) is 0 Å². The molecule has 0 fully saturated rings. The molecule has 1 atom stereocenters. The molecular formula is C15H25N3O2. The summed E-state index contributed by atoms with van der Waals surface area (Å²) in [4.78, 5) is 18.2. The van der Waals surface area contributed by atoms with Crippen LogP contribution < -0.4 is 10.2 Å². The third kappa shape index (κ3) is 5.17. The minimum atomic E-state index is -0.433. The van der Waals surface area contributed by atoms with Crippen LogP contribution in [0.3, 0.4) is 0 Å². The highest BCUT2D eigenvalue weighted by Crippen LogP contribution is 2.13. The van der Waals surface area contributed by atoms with Gasteiger partial charge in [-0.1, -0.05) is 19.9 Å². The molecule has 1 heterocycles. The van der Waals surface area contributed by atoms with E-state index in [0.29, 0.717) is 19.1 Å². The van der Waals surface area contributed by atoms with Crippen LogP contribution in [0, 0.1) is 5.92 Å². The van der Waals surface area contributed by atoms with Gasteiger partial charge in [-0.2, -0.15) is 0 Å². The van der Waals surface area contributed by atoms with Crippen molar-refractivity contribution in [2.75, 3.05) is 25.6 Å². The second kappa shape index (κ2) is 7.85. The van der Waals surface area contributed by atoms with Crippen molar-refractivity contribution in [3.05, 3.63) is 23.9 Å². The number of hydrogen-bond donors (Lipinski definition) is 1. The zero-order valence-electron chi connectivity index (χ0n) is 13.0. The molecule has 20 heavy (non-hydrogen) atoms. The quantitative estimate of drug-likeness (QED) is 0.827. The van der Waals surface area contributed by atoms with E-state index in [1.54, 1.807) is 13.1 Å². The van der Waals surface area contributed by atoms with Crippen LogP contribution in [0.4, 0.5) is 5.82 Å². The summed E-state index contributed by atoms with van der Waals surface area (Å²) in [6.45, 7) is 6.93. The summed E-state index contributed by atoms with van der Waals surface area (Å²) in [7, 11) is 3.87. The highest BCUT2D eigenvalue weighted by atomic mass is 16.5. The third-order valence-corrected chi connectivity index (χ3v) is 2.79. The Morgan fingerprint density at radius 1 is 1.40 bits per heavy atom. The Morgan fingerprint density at radius 3 is 2.70 bits per heavy atom. The molecule has 0 aliphatic heterocycles. The fraction of sp³-hybridized carbons (Fsp3) is 0.600. The van der Waals surface area contributed by atoms with E-state index in [1.165, 1.54) is 0 Å². The lowest BCUT2D eigenvalue weighted by molar-refractivity contribution is -0.132. The van der Waals surface area contributed by atoms with Gasteiger partial charge in [0.15, 0.2) is 0 Å². The molecule has 1 aromatic rings. The summed E-state index contributed by atoms with van der Waals surface area (Å²) in [6.07, 6.45) is 1.31. The minimum Gasteiger partial charge on any atom is -0.368 e. The summed E-state index contributed by atoms with van der Waals surface area (Å²) in [5, 5.41) is 2.89. The normalized spacial score (nSPS) is 12.3. The van der Waals surface area contributed by atoms with E-state index in [-0.39, 0.29) is 5.91 Å². The highest BCUT2D eigenvalue weighted by Gasteiger charge is 2.14. The average molecular weight is 279 g/mol. The predicted molar refractivity (Wildman–Crippen MR) is 80.7 cm³/mol. The molecule has 5 heteroatoms. The number of ether oxygens (including phenoxy) is 1. The van der Waals surface area contributed by atoms with Gasteiger partial charge < -0.3 is 15.0 Å². The third-order valence-electron chi connectivity index (χ3n) is 2.79. The van der Waals surface area contributed by atoms with Gasteiger partial charge in [-0.05, 0) is 18.9 Å². The average Bonchev–Trinajstić information content (AvgIpc) is 2.42. The van der Waals surface area contributed by atoms with Gasteiger partial charge in [-0.3, -0.25) is 4.79 Å². The number of amides is 1. The van der Waals surface area contributed by atoms with Crippen molar-refractivity contribution in [2.24, 2.45) is 5.92 Å². The van der Waals surface area contributed by atoms with Crippen molar-refractivity contribution < 1.29 is 9.53 Å². The van der Waals surface area contributed by atoms with Crippen LogP contribution in [0.15, 0.2) is 18.3 Å². The number of carbonyl (C=O) groups excluding carboxylic acids is 1. The molecule has 1 aromatic heterocycles. The maximum Gasteiger partial charge on any atom is 0.249 e. The van der Waals surface area contributed by atoms with E-state index in [4.69, 9.17) is 4.74 Å². The van der Waals surface area contributed by atoms with Crippen LogP contribution in [-0.2, 0) is 16.1 Å². The lowest BCUT2D eigenvalue weighted by Gasteiger charge is -2.18. The summed E-state index contributed by atoms with van der Waals surface area (Å²) < 4.78 is 5.49. The molecule has 0 aromatic carbocycles. The summed E-state index contributed by atoms with van der Waals surface area (Å²) in [5.41, 5.74) is 0.988. The van der Waals surface area contributed by atoms with Crippen LogP contribution in [-0.4, -0.2) is 37.7 Å². The van der Waals surface area contributed by atoms with E-state index in [2.05, 4.69) is 24.1 Å². The van der Waals surface area contributed by atoms with E-state index in [1.807, 2.05) is 31.1 Å². The van der Waals surface area contributed by atoms with Gasteiger partial charge in [0.25, 0.3) is 0 Å². The second-order valence-electron chi connectivity index (χ2n) is 5.47. The van der Waals surface area contributed by atoms with E-state index >= 15 is 0 Å². The first-order valence-electron chi connectivity index (χ1n) is 6.92. The fourth-order valence-electron chi connectivity index (χ4n) is 1.71. The van der Waals surface area contributed by atoms with Crippen molar-refractivity contribution in [1.82, 2.24) is 10.3 Å². The van der Waals surface area contributed by atoms with E-state index < -0.39 is 6.10 Å². The van der Waals surface area contributed by atoms with Crippen LogP contribution in [0.2, 0.25) is 0 Å². The van der Waals surface area contributed by atoms with Crippen LogP contribution in [0.25, 0.3) is 0 Å². The molecule has 112 valence electrons. The number of nitrogens with zero attached hydrogens (tertiary/aromatic N) is 2. The van der Waals surface area contributed by atoms with Gasteiger partial charge in [0.1, 0.15) is 11.9 Å². The van der Waals surface area contributed by atoms with Gasteiger partial charge in [-0.15, -0.1) is 0 Å². The molecule has 1 N–H and O–H groups in total. The van der Waals surface area contributed by atoms with Gasteiger partial charge in [0, 0.05) is 39.0 Å². The van der Waals surface area contributed by atoms with Crippen molar-refractivity contribution >= 4 is 11.7 Å². The number of rotatable bonds is 7. The first-order chi connectivity index (χ1) is 9.41. The Balaban J connectivity index is 2.52. The molecule has 0 radical (unpaired) electrons. The lowest BCUT2D eigenvalue weighted by atomic mass is 10.2. The number of carbonyl (C=O) groups is 1. The van der Waals surface area contributed by atoms with Crippen molar-refractivity contribution in [1.29, 1.82) is 0 Å². The molecule has 5 nitrogen and oxygen atoms in total. The number of hydrogen-bond acceptors (Lipinski definition) is 4. The predicted octanol–water partition coefficient (Wildman–Crippen LogP) is 1.82. The Kier molecular flexibility index (Phi) is 6.45. The maximum absolute atomic E-state index is 11.9. The molecule has 1 amide bonds. The molecule has 0 saturated carbocycles. The Hall–Kier alpha value is -1.62. The molecule has 0 spiro atoms. The standard InChI is InChI=1S/C15H25N3O2/c1-11(2)10-20-12(3)15(19)17-9-13-7-6-8-16-14(13)18(4)5/h6-8,11-12H,9-10H2,1-5H3,(H,17,19). The molecule has 1 rings (SSSR count). The first kappa shape index (κ1) is 16.4. The second-order valence-corrected chi connectivity index (χ2v) is 5.47. The number of pyridine rings is 1. The van der Waals surface area contributed by atoms with Crippen LogP contribution in [0.5, 0.6) is 0 Å². The van der Waals surface area contributed by atoms with Gasteiger partial charge in [0.05, 0.1) is 0 Å². The number of aromatic nitrogens is 1. The van der Waals surface area contributed by atoms with E-state index in [9.17, 15) is 4.79 Å². The number of anilines is 1. The molecule has 1 unspecified atom stereocenters. The fourth-order valence-corrected chi connectivity index (χ4v) is 1.71. The van der Waals surface area contributed by atoms with Gasteiger partial charge >= 0.3 is 0 Å². The Bertz CT molecular complexity index is 433. The highest BCUT2D eigenvalue weighted by molar-refractivity contribution is 5.80. The topological polar surface area (TPSA) is 54.5 Å². The molecule has 0 aliphatic rings. The zero-order chi connectivity index (χ0) is 15.1. The van der Waals surface area contributed by atoms with Crippen LogP contribution in [0.1, 0.15) is 26.3 Å². The van der Waals surface area contributed by atoms with Gasteiger partial charge in [0.2, 0.25) is 5.91 Å². The number of nitrogens with one attached hydrogen (secondary N) is 1. The maximum atomic E-state index is 11.9. The minimum absolute atomic E-state index is 0.0980. The Labute approximate surface area is 121 Å². The van der Waals surface area contributed by atoms with Gasteiger partial charge in [-0.25, -0.2) is 4.98 Å².